The summed E-state index contributed by atoms with van der Waals surface area (Å²) in [4.78, 5) is 40.5. The number of piperidine rings is 1. The van der Waals surface area contributed by atoms with Crippen molar-refractivity contribution >= 4 is 50.1 Å². The fraction of sp³-hybridized carbons (Fsp3) is 0.611. The Morgan fingerprint density at radius 3 is 2.53 bits per heavy atom. The number of hydrogen-bond acceptors (Lipinski definition) is 5. The molecule has 2 aromatic rings. The van der Waals surface area contributed by atoms with Crippen LogP contribution in [0.3, 0.4) is 0 Å². The number of carbonyl (C=O) groups is 1. The molecule has 2 aromatic heterocycles. The van der Waals surface area contributed by atoms with Crippen molar-refractivity contribution in [3.8, 4) is 0 Å². The van der Waals surface area contributed by atoms with Crippen molar-refractivity contribution in [3.63, 3.8) is 0 Å². The van der Waals surface area contributed by atoms with Crippen LogP contribution in [0.1, 0.15) is 35.0 Å². The Balaban J connectivity index is 2.13. The Hall–Kier alpha value is -1.41. The molecule has 0 radical (unpaired) electrons. The maximum atomic E-state index is 13.1. The fourth-order valence-corrected chi connectivity index (χ4v) is 5.49. The second-order valence-electron chi connectivity index (χ2n) is 7.47. The molecule has 2 atom stereocenters. The van der Waals surface area contributed by atoms with E-state index in [1.165, 1.54) is 0 Å². The number of aliphatic hydroxyl groups is 1. The third-order valence-corrected chi connectivity index (χ3v) is 7.36. The Morgan fingerprint density at radius 1 is 1.30 bits per heavy atom. The first-order valence-electron chi connectivity index (χ1n) is 9.33. The van der Waals surface area contributed by atoms with Gasteiger partial charge in [-0.25, -0.2) is 9.36 Å². The Kier molecular flexibility index (Phi) is 6.68. The van der Waals surface area contributed by atoms with Gasteiger partial charge in [0.15, 0.2) is 0 Å². The van der Waals surface area contributed by atoms with Crippen LogP contribution in [0.15, 0.2) is 9.59 Å². The van der Waals surface area contributed by atoms with Crippen LogP contribution in [0, 0.1) is 12.8 Å². The molecule has 1 saturated heterocycles. The number of likely N-dealkylation sites (tertiary alicyclic amines) is 1. The molecule has 1 N–H and O–H groups in total. The van der Waals surface area contributed by atoms with Crippen molar-refractivity contribution in [2.24, 2.45) is 5.92 Å². The summed E-state index contributed by atoms with van der Waals surface area (Å²) in [5.41, 5.74) is -1.06. The number of hydrogen-bond donors (Lipinski definition) is 1. The van der Waals surface area contributed by atoms with Crippen molar-refractivity contribution in [3.05, 3.63) is 31.3 Å². The summed E-state index contributed by atoms with van der Waals surface area (Å²) in [6, 6.07) is 0. The van der Waals surface area contributed by atoms with Crippen LogP contribution in [0.5, 0.6) is 0 Å². The summed E-state index contributed by atoms with van der Waals surface area (Å²) in [5, 5.41) is 10.00. The minimum absolute atomic E-state index is 0.0164. The number of fused-ring (bicyclic) bond motifs is 1. The van der Waals surface area contributed by atoms with Crippen molar-refractivity contribution in [1.82, 2.24) is 14.0 Å². The number of nitrogens with zero attached hydrogens (tertiary/aromatic N) is 3. The van der Waals surface area contributed by atoms with E-state index in [9.17, 15) is 32.7 Å². The summed E-state index contributed by atoms with van der Waals surface area (Å²) >= 11 is 2.68. The molecule has 7 nitrogen and oxygen atoms in total. The molecule has 3 heterocycles. The van der Waals surface area contributed by atoms with E-state index in [2.05, 4.69) is 0 Å². The summed E-state index contributed by atoms with van der Waals surface area (Å²) in [6.07, 6.45) is -5.76. The van der Waals surface area contributed by atoms with Gasteiger partial charge in [0, 0.05) is 19.6 Å². The van der Waals surface area contributed by atoms with Crippen molar-refractivity contribution in [1.29, 1.82) is 0 Å². The molecule has 0 aromatic carbocycles. The van der Waals surface area contributed by atoms with E-state index >= 15 is 0 Å². The molecule has 0 bridgehead atoms. The monoisotopic (exact) mass is 559 g/mol. The minimum Gasteiger partial charge on any atom is -0.393 e. The molecule has 0 aliphatic carbocycles. The SMILES string of the molecule is Cc1c(C(=O)N2CCC(O)C(C)C2)sc2c1c(=O)n(CI)c(=O)n2CCC(F)(F)F. The molecule has 30 heavy (non-hydrogen) atoms. The van der Waals surface area contributed by atoms with E-state index in [0.717, 1.165) is 20.5 Å². The number of thiophene rings is 1. The first-order valence-corrected chi connectivity index (χ1v) is 11.7. The molecule has 3 rings (SSSR count). The number of alkyl halides is 4. The number of carbonyl (C=O) groups excluding carboxylic acids is 1. The van der Waals surface area contributed by atoms with Gasteiger partial charge in [-0.2, -0.15) is 13.2 Å². The minimum atomic E-state index is -4.47. The van der Waals surface area contributed by atoms with Gasteiger partial charge in [0.2, 0.25) is 0 Å². The topological polar surface area (TPSA) is 84.5 Å². The van der Waals surface area contributed by atoms with Gasteiger partial charge in [0.25, 0.3) is 11.5 Å². The fourth-order valence-electron chi connectivity index (χ4n) is 3.60. The van der Waals surface area contributed by atoms with E-state index < -0.39 is 36.5 Å². The smallest absolute Gasteiger partial charge is 0.390 e. The van der Waals surface area contributed by atoms with Crippen LogP contribution in [0.4, 0.5) is 13.2 Å². The first kappa shape index (κ1) is 23.3. The Morgan fingerprint density at radius 2 is 1.97 bits per heavy atom. The lowest BCUT2D eigenvalue weighted by Crippen LogP contribution is -2.44. The molecule has 0 saturated carbocycles. The number of halogens is 4. The maximum absolute atomic E-state index is 13.1. The molecule has 1 amide bonds. The molecule has 1 aliphatic heterocycles. The lowest BCUT2D eigenvalue weighted by molar-refractivity contribution is -0.136. The van der Waals surface area contributed by atoms with Gasteiger partial charge in [0.05, 0.1) is 27.3 Å². The molecule has 1 fully saturated rings. The summed E-state index contributed by atoms with van der Waals surface area (Å²) in [7, 11) is 0. The predicted molar refractivity (Wildman–Crippen MR) is 115 cm³/mol. The standard InChI is InChI=1S/C18H21F3IN3O4S/c1-9-7-23(5-3-11(9)26)15(28)13-10(2)12-14(27)25(8-22)17(29)24(16(12)30-13)6-4-18(19,20)21/h9,11,26H,3-8H2,1-2H3. The van der Waals surface area contributed by atoms with Crippen molar-refractivity contribution in [2.75, 3.05) is 13.1 Å². The summed E-state index contributed by atoms with van der Waals surface area (Å²) in [6.45, 7) is 3.46. The van der Waals surface area contributed by atoms with Crippen molar-refractivity contribution < 1.29 is 23.1 Å². The van der Waals surface area contributed by atoms with Crippen LogP contribution >= 0.6 is 33.9 Å². The van der Waals surface area contributed by atoms with E-state index in [-0.39, 0.29) is 31.5 Å². The highest BCUT2D eigenvalue weighted by molar-refractivity contribution is 14.1. The van der Waals surface area contributed by atoms with Crippen LogP contribution < -0.4 is 11.2 Å². The average molecular weight is 559 g/mol. The zero-order valence-corrected chi connectivity index (χ0v) is 19.3. The van der Waals surface area contributed by atoms with E-state index in [1.807, 2.05) is 6.92 Å². The van der Waals surface area contributed by atoms with Crippen LogP contribution in [-0.4, -0.2) is 50.4 Å². The van der Waals surface area contributed by atoms with Gasteiger partial charge < -0.3 is 10.0 Å². The second kappa shape index (κ2) is 8.61. The third kappa shape index (κ3) is 4.31. The lowest BCUT2D eigenvalue weighted by Gasteiger charge is -2.34. The predicted octanol–water partition coefficient (Wildman–Crippen LogP) is 2.72. The number of rotatable bonds is 4. The molecule has 166 valence electrons. The zero-order valence-electron chi connectivity index (χ0n) is 16.3. The number of aryl methyl sites for hydroxylation is 2. The normalized spacial score (nSPS) is 20.2. The van der Waals surface area contributed by atoms with Gasteiger partial charge in [-0.1, -0.05) is 29.5 Å². The third-order valence-electron chi connectivity index (χ3n) is 5.37. The molecule has 12 heteroatoms. The molecular weight excluding hydrogens is 538 g/mol. The van der Waals surface area contributed by atoms with E-state index in [0.29, 0.717) is 25.1 Å². The molecular formula is C18H21F3IN3O4S. The highest BCUT2D eigenvalue weighted by atomic mass is 127. The molecule has 1 aliphatic rings. The van der Waals surface area contributed by atoms with E-state index in [4.69, 9.17) is 0 Å². The Bertz CT molecular complexity index is 1090. The Labute approximate surface area is 187 Å². The highest BCUT2D eigenvalue weighted by Crippen LogP contribution is 2.31. The zero-order chi connectivity index (χ0) is 22.4. The second-order valence-corrected chi connectivity index (χ2v) is 9.15. The lowest BCUT2D eigenvalue weighted by atomic mass is 9.96. The molecule has 0 spiro atoms. The highest BCUT2D eigenvalue weighted by Gasteiger charge is 2.32. The average Bonchev–Trinajstić information content (AvgIpc) is 3.00. The number of aromatic nitrogens is 2. The van der Waals surface area contributed by atoms with Gasteiger partial charge in [-0.3, -0.25) is 14.2 Å². The van der Waals surface area contributed by atoms with Gasteiger partial charge in [-0.05, 0) is 24.8 Å². The quantitative estimate of drug-likeness (QED) is 0.462. The van der Waals surface area contributed by atoms with E-state index in [1.54, 1.807) is 34.4 Å². The van der Waals surface area contributed by atoms with Gasteiger partial charge in [-0.15, -0.1) is 11.3 Å². The van der Waals surface area contributed by atoms with Crippen molar-refractivity contribution in [2.45, 2.75) is 50.1 Å². The van der Waals surface area contributed by atoms with Gasteiger partial charge in [0.1, 0.15) is 4.83 Å². The van der Waals surface area contributed by atoms with Crippen LogP contribution in [-0.2, 0) is 11.1 Å². The summed E-state index contributed by atoms with van der Waals surface area (Å²) in [5.74, 6) is -0.457. The molecule has 2 unspecified atom stereocenters. The van der Waals surface area contributed by atoms with Crippen LogP contribution in [0.2, 0.25) is 0 Å². The summed E-state index contributed by atoms with van der Waals surface area (Å²) < 4.78 is 40.2. The maximum Gasteiger partial charge on any atom is 0.390 e. The number of amides is 1. The largest absolute Gasteiger partial charge is 0.393 e. The first-order chi connectivity index (χ1) is 14.0. The van der Waals surface area contributed by atoms with Crippen LogP contribution in [0.25, 0.3) is 10.2 Å². The van der Waals surface area contributed by atoms with Gasteiger partial charge >= 0.3 is 11.9 Å². The number of aliphatic hydroxyl groups excluding tert-OH is 1.